The minimum absolute atomic E-state index is 0.0447. The Labute approximate surface area is 267 Å². The molecule has 2 bridgehead atoms. The molecule has 2 aromatic carbocycles. The van der Waals surface area contributed by atoms with E-state index in [1.54, 1.807) is 48.6 Å². The molecule has 3 aliphatic heterocycles. The van der Waals surface area contributed by atoms with Gasteiger partial charge < -0.3 is 29.7 Å². The van der Waals surface area contributed by atoms with Crippen LogP contribution in [0.2, 0.25) is 5.02 Å². The zero-order valence-corrected chi connectivity index (χ0v) is 25.7. The maximum Gasteiger partial charge on any atom is 0.313 e. The average molecular weight is 636 g/mol. The fourth-order valence-corrected chi connectivity index (χ4v) is 7.04. The fraction of sp³-hybridized carbons (Fsp3) is 0.412. The largest absolute Gasteiger partial charge is 0.455 e. The van der Waals surface area contributed by atoms with Crippen LogP contribution in [0.15, 0.2) is 79.9 Å². The highest BCUT2D eigenvalue weighted by atomic mass is 35.5. The summed E-state index contributed by atoms with van der Waals surface area (Å²) in [5.41, 5.74) is -0.0284. The number of likely N-dealkylation sites (tertiary alicyclic amines) is 1. The lowest BCUT2D eigenvalue weighted by Crippen LogP contribution is -2.56. The van der Waals surface area contributed by atoms with Crippen LogP contribution in [0.5, 0.6) is 0 Å². The molecule has 0 saturated carbocycles. The number of amides is 3. The molecule has 0 radical (unpaired) electrons. The number of hydrogen-bond acceptors (Lipinski definition) is 7. The minimum atomic E-state index is -1.27. The van der Waals surface area contributed by atoms with Gasteiger partial charge in [-0.3, -0.25) is 19.2 Å². The molecule has 3 saturated heterocycles. The van der Waals surface area contributed by atoms with Crippen molar-refractivity contribution in [1.82, 2.24) is 10.2 Å². The van der Waals surface area contributed by atoms with Gasteiger partial charge >= 0.3 is 5.97 Å². The zero-order valence-electron chi connectivity index (χ0n) is 25.0. The van der Waals surface area contributed by atoms with Crippen LogP contribution in [-0.4, -0.2) is 77.7 Å². The number of aliphatic hydroxyl groups is 1. The van der Waals surface area contributed by atoms with Crippen LogP contribution in [0.3, 0.4) is 0 Å². The molecule has 3 amide bonds. The molecule has 1 spiro atoms. The Morgan fingerprint density at radius 1 is 1.16 bits per heavy atom. The first-order valence-electron chi connectivity index (χ1n) is 15.2. The Morgan fingerprint density at radius 2 is 1.89 bits per heavy atom. The summed E-state index contributed by atoms with van der Waals surface area (Å²) in [6, 6.07) is 14.7. The number of hydrogen-bond donors (Lipinski definition) is 2. The third-order valence-corrected chi connectivity index (χ3v) is 9.11. The molecule has 0 aliphatic carbocycles. The van der Waals surface area contributed by atoms with Gasteiger partial charge in [-0.05, 0) is 49.1 Å². The first kappa shape index (κ1) is 32.4. The Hall–Kier alpha value is -3.99. The molecule has 3 heterocycles. The van der Waals surface area contributed by atoms with Gasteiger partial charge in [0.1, 0.15) is 17.7 Å². The standard InChI is InChI=1S/C34H38ClN3O7/c1-3-5-11-27(40)36-21-26(22-9-7-6-8-10-22)44-33(43)28-25-16-17-34(45-25)29(28)31(41)38(19-20-39)30(34)32(42)37(18-4-2)24-14-12-23(35)13-15-24/h3-4,6-10,12-15,25-26,28-30,39H,1-2,5,11,16-21H2,(H,36,40)/t25-,26+,28+,29+,30-,34+/m1/s1. The normalized spacial score (nSPS) is 25.4. The summed E-state index contributed by atoms with van der Waals surface area (Å²) >= 11 is 6.09. The Morgan fingerprint density at radius 3 is 2.56 bits per heavy atom. The Kier molecular flexibility index (Phi) is 10.1. The van der Waals surface area contributed by atoms with Crippen LogP contribution in [0.25, 0.3) is 0 Å². The number of aliphatic hydroxyl groups excluding tert-OH is 1. The molecule has 238 valence electrons. The van der Waals surface area contributed by atoms with E-state index in [4.69, 9.17) is 21.1 Å². The number of fused-ring (bicyclic) bond motifs is 1. The van der Waals surface area contributed by atoms with Gasteiger partial charge in [-0.1, -0.05) is 54.1 Å². The summed E-state index contributed by atoms with van der Waals surface area (Å²) in [4.78, 5) is 57.6. The van der Waals surface area contributed by atoms with E-state index in [9.17, 15) is 24.3 Å². The Bertz CT molecular complexity index is 1440. The molecule has 45 heavy (non-hydrogen) atoms. The predicted octanol–water partition coefficient (Wildman–Crippen LogP) is 3.59. The quantitative estimate of drug-likeness (QED) is 0.240. The van der Waals surface area contributed by atoms with Crippen molar-refractivity contribution < 1.29 is 33.8 Å². The van der Waals surface area contributed by atoms with Crippen molar-refractivity contribution in [2.75, 3.05) is 31.1 Å². The number of esters is 1. The first-order valence-corrected chi connectivity index (χ1v) is 15.5. The van der Waals surface area contributed by atoms with Crippen LogP contribution in [0.4, 0.5) is 5.69 Å². The van der Waals surface area contributed by atoms with Gasteiger partial charge in [0.25, 0.3) is 5.91 Å². The molecule has 0 unspecified atom stereocenters. The molecule has 3 fully saturated rings. The maximum atomic E-state index is 14.4. The number of carbonyl (C=O) groups excluding carboxylic acids is 4. The van der Waals surface area contributed by atoms with Crippen LogP contribution < -0.4 is 10.2 Å². The number of ether oxygens (including phenoxy) is 2. The molecule has 2 aromatic rings. The van der Waals surface area contributed by atoms with Crippen LogP contribution >= 0.6 is 11.6 Å². The van der Waals surface area contributed by atoms with Crippen LogP contribution in [-0.2, 0) is 28.7 Å². The first-order chi connectivity index (χ1) is 21.7. The smallest absolute Gasteiger partial charge is 0.313 e. The van der Waals surface area contributed by atoms with Crippen molar-refractivity contribution in [3.05, 3.63) is 90.5 Å². The maximum absolute atomic E-state index is 14.4. The molecular formula is C34H38ClN3O7. The summed E-state index contributed by atoms with van der Waals surface area (Å²) < 4.78 is 12.5. The van der Waals surface area contributed by atoms with Gasteiger partial charge in [0.2, 0.25) is 11.8 Å². The third kappa shape index (κ3) is 6.27. The second-order valence-corrected chi connectivity index (χ2v) is 11.9. The number of nitrogens with one attached hydrogen (secondary N) is 1. The van der Waals surface area contributed by atoms with E-state index in [-0.39, 0.29) is 38.6 Å². The molecule has 3 aliphatic rings. The highest BCUT2D eigenvalue weighted by Crippen LogP contribution is 2.59. The highest BCUT2D eigenvalue weighted by molar-refractivity contribution is 6.30. The number of nitrogens with zero attached hydrogens (tertiary/aromatic N) is 2. The van der Waals surface area contributed by atoms with Crippen LogP contribution in [0, 0.1) is 11.8 Å². The third-order valence-electron chi connectivity index (χ3n) is 8.85. The van der Waals surface area contributed by atoms with Crippen molar-refractivity contribution in [1.29, 1.82) is 0 Å². The summed E-state index contributed by atoms with van der Waals surface area (Å²) in [6.07, 6.45) is 3.42. The summed E-state index contributed by atoms with van der Waals surface area (Å²) in [5.74, 6) is -3.61. The topological polar surface area (TPSA) is 125 Å². The second-order valence-electron chi connectivity index (χ2n) is 11.5. The number of β-amino-alcohol motifs (C(OH)–C–C–N with tert-alkyl or cyclic N) is 1. The van der Waals surface area contributed by atoms with Gasteiger partial charge in [-0.15, -0.1) is 13.2 Å². The van der Waals surface area contributed by atoms with E-state index >= 15 is 0 Å². The number of carbonyl (C=O) groups is 4. The van der Waals surface area contributed by atoms with E-state index in [1.165, 1.54) is 9.80 Å². The summed E-state index contributed by atoms with van der Waals surface area (Å²) in [6.45, 7) is 7.17. The van der Waals surface area contributed by atoms with E-state index in [1.807, 2.05) is 18.2 Å². The number of benzene rings is 2. The van der Waals surface area contributed by atoms with Crippen molar-refractivity contribution in [3.8, 4) is 0 Å². The van der Waals surface area contributed by atoms with Gasteiger partial charge in [0, 0.05) is 30.2 Å². The van der Waals surface area contributed by atoms with Gasteiger partial charge in [-0.25, -0.2) is 0 Å². The van der Waals surface area contributed by atoms with Gasteiger partial charge in [-0.2, -0.15) is 0 Å². The molecule has 2 N–H and O–H groups in total. The number of rotatable bonds is 14. The van der Waals surface area contributed by atoms with Crippen molar-refractivity contribution in [2.24, 2.45) is 11.8 Å². The molecule has 5 rings (SSSR count). The number of halogens is 1. The molecule has 0 aromatic heterocycles. The van der Waals surface area contributed by atoms with Gasteiger partial charge in [0.05, 0.1) is 31.1 Å². The molecular weight excluding hydrogens is 598 g/mol. The number of anilines is 1. The van der Waals surface area contributed by atoms with Gasteiger partial charge in [0.15, 0.2) is 0 Å². The molecule has 6 atom stereocenters. The van der Waals surface area contributed by atoms with Crippen molar-refractivity contribution in [2.45, 2.75) is 49.5 Å². The lowest BCUT2D eigenvalue weighted by Gasteiger charge is -2.36. The Balaban J connectivity index is 1.43. The SMILES string of the molecule is C=CCCC(=O)NC[C@H](OC(=O)[C@@H]1[C@H]2C(=O)N(CCO)[C@H](C(=O)N(CC=C)c3ccc(Cl)cc3)[C@]23CC[C@H]1O3)c1ccccc1. The fourth-order valence-electron chi connectivity index (χ4n) is 6.91. The lowest BCUT2D eigenvalue weighted by molar-refractivity contribution is -0.160. The monoisotopic (exact) mass is 635 g/mol. The van der Waals surface area contributed by atoms with Crippen molar-refractivity contribution in [3.63, 3.8) is 0 Å². The second kappa shape index (κ2) is 14.0. The number of allylic oxidation sites excluding steroid dienone is 1. The van der Waals surface area contributed by atoms with Crippen LogP contribution in [0.1, 0.15) is 37.4 Å². The van der Waals surface area contributed by atoms with E-state index in [2.05, 4.69) is 18.5 Å². The lowest BCUT2D eigenvalue weighted by atomic mass is 9.70. The zero-order chi connectivity index (χ0) is 32.1. The highest BCUT2D eigenvalue weighted by Gasteiger charge is 2.75. The summed E-state index contributed by atoms with van der Waals surface area (Å²) in [5, 5.41) is 13.2. The minimum Gasteiger partial charge on any atom is -0.455 e. The van der Waals surface area contributed by atoms with E-state index in [0.717, 1.165) is 0 Å². The summed E-state index contributed by atoms with van der Waals surface area (Å²) in [7, 11) is 0. The van der Waals surface area contributed by atoms with E-state index in [0.29, 0.717) is 35.5 Å². The van der Waals surface area contributed by atoms with Crippen molar-refractivity contribution >= 4 is 41.0 Å². The molecule has 11 heteroatoms. The van der Waals surface area contributed by atoms with E-state index < -0.39 is 53.5 Å². The molecule has 10 nitrogen and oxygen atoms in total. The average Bonchev–Trinajstić information content (AvgIpc) is 3.69. The predicted molar refractivity (Wildman–Crippen MR) is 168 cm³/mol.